The zero-order valence-corrected chi connectivity index (χ0v) is 17.7. The van der Waals surface area contributed by atoms with E-state index in [1.54, 1.807) is 4.90 Å². The summed E-state index contributed by atoms with van der Waals surface area (Å²) < 4.78 is 0. The Bertz CT molecular complexity index is 760. The lowest BCUT2D eigenvalue weighted by Crippen LogP contribution is -2.42. The van der Waals surface area contributed by atoms with Crippen molar-refractivity contribution >= 4 is 5.91 Å². The lowest BCUT2D eigenvalue weighted by molar-refractivity contribution is 0.0526. The molecule has 2 aromatic carbocycles. The van der Waals surface area contributed by atoms with Gasteiger partial charge in [0.1, 0.15) is 0 Å². The molecule has 4 nitrogen and oxygen atoms in total. The van der Waals surface area contributed by atoms with Gasteiger partial charge in [0.25, 0.3) is 5.91 Å². The molecule has 1 N–H and O–H groups in total. The number of rotatable bonds is 4. The van der Waals surface area contributed by atoms with Gasteiger partial charge in [0.2, 0.25) is 0 Å². The highest BCUT2D eigenvalue weighted by Crippen LogP contribution is 2.23. The van der Waals surface area contributed by atoms with Crippen molar-refractivity contribution in [3.05, 3.63) is 70.8 Å². The number of benzene rings is 2. The Morgan fingerprint density at radius 1 is 0.857 bits per heavy atom. The Morgan fingerprint density at radius 2 is 1.46 bits per heavy atom. The van der Waals surface area contributed by atoms with E-state index in [4.69, 9.17) is 0 Å². The number of fused-ring (bicyclic) bond motifs is 2. The van der Waals surface area contributed by atoms with E-state index in [9.17, 15) is 9.90 Å². The van der Waals surface area contributed by atoms with Crippen LogP contribution in [0.2, 0.25) is 0 Å². The Hall–Kier alpha value is -2.17. The maximum absolute atomic E-state index is 12.4. The Balaban J connectivity index is 0.000000660. The van der Waals surface area contributed by atoms with Crippen molar-refractivity contribution in [2.24, 2.45) is 0 Å². The molecule has 2 aliphatic rings. The minimum absolute atomic E-state index is 0.0358. The third kappa shape index (κ3) is 5.21. The molecule has 28 heavy (non-hydrogen) atoms. The number of carbonyl (C=O) groups excluding carboxylic acids is 1. The Labute approximate surface area is 169 Å². The van der Waals surface area contributed by atoms with Gasteiger partial charge < -0.3 is 10.0 Å². The number of β-amino-alcohol motifs (C(OH)–C–C–N with tert-alkyl or cyclic N) is 1. The first kappa shape index (κ1) is 22.1. The van der Waals surface area contributed by atoms with E-state index in [0.717, 1.165) is 30.6 Å². The molecular formula is C24H34N2O2. The number of carbonyl (C=O) groups is 1. The minimum Gasteiger partial charge on any atom is -0.390 e. The summed E-state index contributed by atoms with van der Waals surface area (Å²) in [5.74, 6) is 0.0358. The van der Waals surface area contributed by atoms with Gasteiger partial charge in [-0.25, -0.2) is 0 Å². The zero-order chi connectivity index (χ0) is 20.5. The fourth-order valence-corrected chi connectivity index (χ4v) is 3.78. The van der Waals surface area contributed by atoms with Crippen molar-refractivity contribution in [2.45, 2.75) is 53.3 Å². The summed E-state index contributed by atoms with van der Waals surface area (Å²) in [6.45, 7) is 11.4. The maximum Gasteiger partial charge on any atom is 0.254 e. The average molecular weight is 383 g/mol. The minimum atomic E-state index is -0.520. The highest BCUT2D eigenvalue weighted by atomic mass is 16.3. The molecule has 0 spiro atoms. The zero-order valence-electron chi connectivity index (χ0n) is 17.7. The van der Waals surface area contributed by atoms with E-state index < -0.39 is 6.10 Å². The SMILES string of the molecule is CC.CC.O=C1c2ccccc2CN1CC(O)CN1CCc2ccccc2C1. The number of nitrogens with zero attached hydrogens (tertiary/aromatic N) is 2. The summed E-state index contributed by atoms with van der Waals surface area (Å²) in [7, 11) is 0. The van der Waals surface area contributed by atoms with Crippen LogP contribution in [0, 0.1) is 0 Å². The molecule has 0 radical (unpaired) electrons. The largest absolute Gasteiger partial charge is 0.390 e. The van der Waals surface area contributed by atoms with Crippen molar-refractivity contribution in [2.75, 3.05) is 19.6 Å². The number of hydrogen-bond acceptors (Lipinski definition) is 3. The van der Waals surface area contributed by atoms with Crippen molar-refractivity contribution in [1.29, 1.82) is 0 Å². The molecule has 4 heteroatoms. The van der Waals surface area contributed by atoms with Crippen molar-refractivity contribution in [3.63, 3.8) is 0 Å². The quantitative estimate of drug-likeness (QED) is 0.865. The lowest BCUT2D eigenvalue weighted by Gasteiger charge is -2.31. The predicted molar refractivity (Wildman–Crippen MR) is 115 cm³/mol. The van der Waals surface area contributed by atoms with Gasteiger partial charge in [-0.2, -0.15) is 0 Å². The van der Waals surface area contributed by atoms with E-state index in [1.807, 2.05) is 52.0 Å². The Morgan fingerprint density at radius 3 is 2.14 bits per heavy atom. The average Bonchev–Trinajstić information content (AvgIpc) is 3.06. The highest BCUT2D eigenvalue weighted by molar-refractivity contribution is 5.98. The first-order valence-corrected chi connectivity index (χ1v) is 10.5. The topological polar surface area (TPSA) is 43.8 Å². The molecule has 0 aliphatic carbocycles. The molecule has 0 fully saturated rings. The molecule has 0 saturated carbocycles. The summed E-state index contributed by atoms with van der Waals surface area (Å²) in [5, 5.41) is 10.5. The van der Waals surface area contributed by atoms with Crippen LogP contribution in [0.25, 0.3) is 0 Å². The van der Waals surface area contributed by atoms with Crippen molar-refractivity contribution in [1.82, 2.24) is 9.80 Å². The molecule has 1 atom stereocenters. The van der Waals surface area contributed by atoms with E-state index >= 15 is 0 Å². The van der Waals surface area contributed by atoms with Gasteiger partial charge in [0, 0.05) is 38.3 Å². The Kier molecular flexibility index (Phi) is 8.68. The fourth-order valence-electron chi connectivity index (χ4n) is 3.78. The third-order valence-electron chi connectivity index (χ3n) is 5.01. The normalized spacial score (nSPS) is 16.2. The molecule has 1 amide bonds. The maximum atomic E-state index is 12.4. The molecule has 0 saturated heterocycles. The van der Waals surface area contributed by atoms with Crippen LogP contribution in [0.1, 0.15) is 54.7 Å². The number of amides is 1. The first-order chi connectivity index (χ1) is 13.7. The molecule has 1 unspecified atom stereocenters. The van der Waals surface area contributed by atoms with Gasteiger partial charge >= 0.3 is 0 Å². The van der Waals surface area contributed by atoms with Crippen LogP contribution in [0.5, 0.6) is 0 Å². The molecule has 2 aliphatic heterocycles. The third-order valence-corrected chi connectivity index (χ3v) is 5.01. The van der Waals surface area contributed by atoms with Crippen LogP contribution in [-0.2, 0) is 19.5 Å². The predicted octanol–water partition coefficient (Wildman–Crippen LogP) is 4.11. The molecule has 0 aromatic heterocycles. The van der Waals surface area contributed by atoms with Crippen LogP contribution >= 0.6 is 0 Å². The van der Waals surface area contributed by atoms with Crippen LogP contribution in [0.3, 0.4) is 0 Å². The number of hydrogen-bond donors (Lipinski definition) is 1. The second-order valence-electron chi connectivity index (χ2n) is 6.75. The van der Waals surface area contributed by atoms with Crippen molar-refractivity contribution in [3.8, 4) is 0 Å². The van der Waals surface area contributed by atoms with E-state index in [0.29, 0.717) is 19.6 Å². The van der Waals surface area contributed by atoms with Gasteiger partial charge in [-0.15, -0.1) is 0 Å². The number of aliphatic hydroxyl groups excluding tert-OH is 1. The molecular weight excluding hydrogens is 348 g/mol. The van der Waals surface area contributed by atoms with Gasteiger partial charge in [-0.05, 0) is 29.2 Å². The standard InChI is InChI=1S/C20H22N2O2.2C2H6/c23-18(13-21-10-9-15-5-1-2-6-16(15)11-21)14-22-12-17-7-3-4-8-19(17)20(22)24;2*1-2/h1-8,18,23H,9-14H2;2*1-2H3. The monoisotopic (exact) mass is 382 g/mol. The van der Waals surface area contributed by atoms with Crippen LogP contribution < -0.4 is 0 Å². The van der Waals surface area contributed by atoms with Gasteiger partial charge in [0.15, 0.2) is 0 Å². The molecule has 152 valence electrons. The molecule has 0 bridgehead atoms. The summed E-state index contributed by atoms with van der Waals surface area (Å²) in [6, 6.07) is 16.2. The van der Waals surface area contributed by atoms with E-state index in [1.165, 1.54) is 11.1 Å². The van der Waals surface area contributed by atoms with Crippen LogP contribution in [0.15, 0.2) is 48.5 Å². The first-order valence-electron chi connectivity index (χ1n) is 10.5. The molecule has 4 rings (SSSR count). The summed E-state index contributed by atoms with van der Waals surface area (Å²) in [6.07, 6.45) is 0.505. The molecule has 2 heterocycles. The fraction of sp³-hybridized carbons (Fsp3) is 0.458. The second-order valence-corrected chi connectivity index (χ2v) is 6.75. The lowest BCUT2D eigenvalue weighted by atomic mass is 10.00. The van der Waals surface area contributed by atoms with E-state index in [-0.39, 0.29) is 5.91 Å². The van der Waals surface area contributed by atoms with Crippen LogP contribution in [-0.4, -0.2) is 46.6 Å². The van der Waals surface area contributed by atoms with Gasteiger partial charge in [-0.1, -0.05) is 70.2 Å². The van der Waals surface area contributed by atoms with Crippen molar-refractivity contribution < 1.29 is 9.90 Å². The van der Waals surface area contributed by atoms with Crippen LogP contribution in [0.4, 0.5) is 0 Å². The summed E-state index contributed by atoms with van der Waals surface area (Å²) in [4.78, 5) is 16.4. The van der Waals surface area contributed by atoms with Gasteiger partial charge in [0.05, 0.1) is 6.10 Å². The number of aliphatic hydroxyl groups is 1. The summed E-state index contributed by atoms with van der Waals surface area (Å²) >= 11 is 0. The van der Waals surface area contributed by atoms with E-state index in [2.05, 4.69) is 29.2 Å². The van der Waals surface area contributed by atoms with Gasteiger partial charge in [-0.3, -0.25) is 9.69 Å². The smallest absolute Gasteiger partial charge is 0.254 e. The highest BCUT2D eigenvalue weighted by Gasteiger charge is 2.29. The summed E-state index contributed by atoms with van der Waals surface area (Å²) in [5.41, 5.74) is 4.59. The second kappa shape index (κ2) is 11.0. The molecule has 2 aromatic rings.